The van der Waals surface area contributed by atoms with Gasteiger partial charge in [-0.1, -0.05) is 0 Å². The van der Waals surface area contributed by atoms with E-state index >= 15 is 0 Å². The molecule has 1 aromatic carbocycles. The number of aryl methyl sites for hydroxylation is 2. The Labute approximate surface area is 162 Å². The lowest BCUT2D eigenvalue weighted by Gasteiger charge is -2.35. The van der Waals surface area contributed by atoms with Crippen molar-refractivity contribution < 1.29 is 17.9 Å². The SMILES string of the molecule is COc1cc(C)c(C)cc1S(=O)(=O)N1CCC(C(=O)N2CCCCC2)CC1. The first-order valence-corrected chi connectivity index (χ1v) is 11.2. The molecule has 0 unspecified atom stereocenters. The van der Waals surface area contributed by atoms with Crippen molar-refractivity contribution in [3.05, 3.63) is 23.3 Å². The molecule has 0 N–H and O–H groups in total. The van der Waals surface area contributed by atoms with Gasteiger partial charge in [0, 0.05) is 32.1 Å². The molecule has 3 rings (SSSR count). The predicted octanol–water partition coefficient (Wildman–Crippen LogP) is 2.73. The molecule has 0 radical (unpaired) electrons. The zero-order valence-electron chi connectivity index (χ0n) is 16.5. The van der Waals surface area contributed by atoms with E-state index in [4.69, 9.17) is 4.74 Å². The lowest BCUT2D eigenvalue weighted by Crippen LogP contribution is -2.45. The highest BCUT2D eigenvalue weighted by Gasteiger charge is 2.35. The number of ether oxygens (including phenoxy) is 1. The van der Waals surface area contributed by atoms with Crippen molar-refractivity contribution in [3.63, 3.8) is 0 Å². The Bertz CT molecular complexity index is 792. The van der Waals surface area contributed by atoms with Gasteiger partial charge in [0.15, 0.2) is 0 Å². The first kappa shape index (κ1) is 20.1. The molecular weight excluding hydrogens is 364 g/mol. The molecule has 2 aliphatic rings. The van der Waals surface area contributed by atoms with Crippen LogP contribution in [0.4, 0.5) is 0 Å². The van der Waals surface area contributed by atoms with Crippen LogP contribution >= 0.6 is 0 Å². The van der Waals surface area contributed by atoms with E-state index in [1.807, 2.05) is 18.7 Å². The Balaban J connectivity index is 1.71. The van der Waals surface area contributed by atoms with Crippen LogP contribution in [0.3, 0.4) is 0 Å². The molecule has 1 aromatic rings. The quantitative estimate of drug-likeness (QED) is 0.788. The average molecular weight is 395 g/mol. The van der Waals surface area contributed by atoms with Gasteiger partial charge in [-0.3, -0.25) is 4.79 Å². The second-order valence-electron chi connectivity index (χ2n) is 7.65. The standard InChI is InChI=1S/C20H30N2O4S/c1-15-13-18(26-3)19(14-16(15)2)27(24,25)22-11-7-17(8-12-22)20(23)21-9-5-4-6-10-21/h13-14,17H,4-12H2,1-3H3. The second kappa shape index (κ2) is 8.19. The Hall–Kier alpha value is -1.60. The molecule has 2 heterocycles. The third kappa shape index (κ3) is 4.14. The largest absolute Gasteiger partial charge is 0.495 e. The van der Waals surface area contributed by atoms with Gasteiger partial charge in [-0.25, -0.2) is 8.42 Å². The van der Waals surface area contributed by atoms with Crippen molar-refractivity contribution in [3.8, 4) is 5.75 Å². The topological polar surface area (TPSA) is 66.9 Å². The maximum Gasteiger partial charge on any atom is 0.246 e. The molecule has 27 heavy (non-hydrogen) atoms. The normalized spacial score (nSPS) is 19.9. The van der Waals surface area contributed by atoms with E-state index in [0.717, 1.165) is 37.1 Å². The third-order valence-corrected chi connectivity index (χ3v) is 7.79. The number of methoxy groups -OCH3 is 1. The number of benzene rings is 1. The van der Waals surface area contributed by atoms with Gasteiger partial charge >= 0.3 is 0 Å². The summed E-state index contributed by atoms with van der Waals surface area (Å²) in [5.74, 6) is 0.524. The number of carbonyl (C=O) groups excluding carboxylic acids is 1. The Kier molecular flexibility index (Phi) is 6.11. The highest BCUT2D eigenvalue weighted by Crippen LogP contribution is 2.32. The first-order chi connectivity index (χ1) is 12.8. The number of nitrogens with zero attached hydrogens (tertiary/aromatic N) is 2. The van der Waals surface area contributed by atoms with Gasteiger partial charge < -0.3 is 9.64 Å². The number of rotatable bonds is 4. The van der Waals surface area contributed by atoms with Crippen molar-refractivity contribution in [1.82, 2.24) is 9.21 Å². The van der Waals surface area contributed by atoms with Crippen LogP contribution in [-0.4, -0.2) is 56.8 Å². The molecule has 0 aromatic heterocycles. The molecule has 2 fully saturated rings. The van der Waals surface area contributed by atoms with E-state index in [2.05, 4.69) is 0 Å². The predicted molar refractivity (Wildman–Crippen MR) is 104 cm³/mol. The molecule has 7 heteroatoms. The van der Waals surface area contributed by atoms with E-state index in [0.29, 0.717) is 31.7 Å². The molecule has 0 bridgehead atoms. The zero-order valence-corrected chi connectivity index (χ0v) is 17.3. The summed E-state index contributed by atoms with van der Waals surface area (Å²) < 4.78 is 33.1. The van der Waals surface area contributed by atoms with Gasteiger partial charge in [-0.2, -0.15) is 4.31 Å². The number of hydrogen-bond acceptors (Lipinski definition) is 4. The molecule has 2 saturated heterocycles. The fourth-order valence-corrected chi connectivity index (χ4v) is 5.67. The summed E-state index contributed by atoms with van der Waals surface area (Å²) in [4.78, 5) is 14.9. The monoisotopic (exact) mass is 394 g/mol. The maximum atomic E-state index is 13.2. The van der Waals surface area contributed by atoms with Crippen molar-refractivity contribution in [1.29, 1.82) is 0 Å². The number of piperidine rings is 2. The van der Waals surface area contributed by atoms with E-state index in [9.17, 15) is 13.2 Å². The average Bonchev–Trinajstić information content (AvgIpc) is 2.69. The number of sulfonamides is 1. The van der Waals surface area contributed by atoms with Gasteiger partial charge in [0.1, 0.15) is 10.6 Å². The molecule has 0 atom stereocenters. The van der Waals surface area contributed by atoms with Gasteiger partial charge in [-0.05, 0) is 69.2 Å². The number of amides is 1. The Morgan fingerprint density at radius 3 is 2.19 bits per heavy atom. The lowest BCUT2D eigenvalue weighted by atomic mass is 9.95. The Morgan fingerprint density at radius 2 is 1.59 bits per heavy atom. The first-order valence-electron chi connectivity index (χ1n) is 9.78. The molecule has 0 spiro atoms. The number of carbonyl (C=O) groups is 1. The number of likely N-dealkylation sites (tertiary alicyclic amines) is 1. The van der Waals surface area contributed by atoms with Crippen molar-refractivity contribution in [2.24, 2.45) is 5.92 Å². The molecule has 150 valence electrons. The highest BCUT2D eigenvalue weighted by atomic mass is 32.2. The molecule has 0 aliphatic carbocycles. The van der Waals surface area contributed by atoms with Gasteiger partial charge in [0.25, 0.3) is 0 Å². The van der Waals surface area contributed by atoms with E-state index in [-0.39, 0.29) is 16.7 Å². The maximum absolute atomic E-state index is 13.2. The summed E-state index contributed by atoms with van der Waals surface area (Å²) in [7, 11) is -2.14. The third-order valence-electron chi connectivity index (χ3n) is 5.87. The van der Waals surface area contributed by atoms with Crippen LogP contribution < -0.4 is 4.74 Å². The molecule has 0 saturated carbocycles. The molecule has 1 amide bonds. The van der Waals surface area contributed by atoms with Crippen LogP contribution in [0.5, 0.6) is 5.75 Å². The second-order valence-corrected chi connectivity index (χ2v) is 9.56. The van der Waals surface area contributed by atoms with Crippen molar-refractivity contribution in [2.45, 2.75) is 50.8 Å². The number of hydrogen-bond donors (Lipinski definition) is 0. The van der Waals surface area contributed by atoms with Crippen LogP contribution in [0.2, 0.25) is 0 Å². The highest BCUT2D eigenvalue weighted by molar-refractivity contribution is 7.89. The summed E-state index contributed by atoms with van der Waals surface area (Å²) in [6.07, 6.45) is 4.51. The summed E-state index contributed by atoms with van der Waals surface area (Å²) >= 11 is 0. The van der Waals surface area contributed by atoms with Gasteiger partial charge in [0.2, 0.25) is 15.9 Å². The zero-order chi connectivity index (χ0) is 19.6. The minimum atomic E-state index is -3.63. The fourth-order valence-electron chi connectivity index (χ4n) is 3.98. The lowest BCUT2D eigenvalue weighted by molar-refractivity contribution is -0.137. The van der Waals surface area contributed by atoms with E-state index < -0.39 is 10.0 Å². The van der Waals surface area contributed by atoms with Crippen molar-refractivity contribution >= 4 is 15.9 Å². The molecule has 6 nitrogen and oxygen atoms in total. The summed E-state index contributed by atoms with van der Waals surface area (Å²) in [5.41, 5.74) is 1.92. The van der Waals surface area contributed by atoms with E-state index in [1.165, 1.54) is 17.8 Å². The smallest absolute Gasteiger partial charge is 0.246 e. The van der Waals surface area contributed by atoms with Crippen LogP contribution in [0.15, 0.2) is 17.0 Å². The van der Waals surface area contributed by atoms with Crippen molar-refractivity contribution in [2.75, 3.05) is 33.3 Å². The molecular formula is C20H30N2O4S. The Morgan fingerprint density at radius 1 is 1.00 bits per heavy atom. The van der Waals surface area contributed by atoms with Gasteiger partial charge in [-0.15, -0.1) is 0 Å². The van der Waals surface area contributed by atoms with Crippen LogP contribution in [0.1, 0.15) is 43.2 Å². The minimum Gasteiger partial charge on any atom is -0.495 e. The van der Waals surface area contributed by atoms with E-state index in [1.54, 1.807) is 12.1 Å². The van der Waals surface area contributed by atoms with Crippen LogP contribution in [-0.2, 0) is 14.8 Å². The van der Waals surface area contributed by atoms with Crippen LogP contribution in [0.25, 0.3) is 0 Å². The summed E-state index contributed by atoms with van der Waals surface area (Å²) in [5, 5.41) is 0. The summed E-state index contributed by atoms with van der Waals surface area (Å²) in [6.45, 7) is 6.28. The fraction of sp³-hybridized carbons (Fsp3) is 0.650. The minimum absolute atomic E-state index is 0.0591. The molecule has 2 aliphatic heterocycles. The van der Waals surface area contributed by atoms with Gasteiger partial charge in [0.05, 0.1) is 7.11 Å². The van der Waals surface area contributed by atoms with Crippen LogP contribution in [0, 0.1) is 19.8 Å². The summed E-state index contributed by atoms with van der Waals surface area (Å²) in [6, 6.07) is 3.46.